The van der Waals surface area contributed by atoms with Crippen LogP contribution >= 0.6 is 8.81 Å². The molecule has 3 rings (SSSR count). The molecule has 1 unspecified atom stereocenters. The summed E-state index contributed by atoms with van der Waals surface area (Å²) < 4.78 is 144. The summed E-state index contributed by atoms with van der Waals surface area (Å²) in [6.45, 7) is 0. The minimum absolute atomic E-state index is 0.178. The summed E-state index contributed by atoms with van der Waals surface area (Å²) in [6.07, 6.45) is 0.862. The van der Waals surface area contributed by atoms with Gasteiger partial charge in [0, 0.05) is 14.2 Å². The van der Waals surface area contributed by atoms with E-state index < -0.39 is 42.2 Å². The van der Waals surface area contributed by atoms with Gasteiger partial charge in [0.2, 0.25) is 0 Å². The number of hydrogen-bond donors (Lipinski definition) is 0. The molecule has 0 bridgehead atoms. The van der Waals surface area contributed by atoms with Crippen LogP contribution in [-0.2, 0) is 19.5 Å². The molecule has 3 aromatic rings. The van der Waals surface area contributed by atoms with Crippen molar-refractivity contribution in [3.8, 4) is 0 Å². The lowest BCUT2D eigenvalue weighted by Crippen LogP contribution is -2.63. The topological polar surface area (TPSA) is 43.4 Å². The number of hydrogen-bond acceptors (Lipinski definition) is 3. The highest BCUT2D eigenvalue weighted by Gasteiger charge is 2.85. The Morgan fingerprint density at radius 2 is 0.854 bits per heavy atom. The van der Waals surface area contributed by atoms with Crippen molar-refractivity contribution < 1.29 is 51.9 Å². The third-order valence-electron chi connectivity index (χ3n) is 8.23. The number of alkyl halides is 9. The van der Waals surface area contributed by atoms with Crippen LogP contribution in [0.5, 0.6) is 0 Å². The van der Waals surface area contributed by atoms with Gasteiger partial charge in [-0.3, -0.25) is 0 Å². The fourth-order valence-corrected chi connectivity index (χ4v) is 7.82. The summed E-state index contributed by atoms with van der Waals surface area (Å²) in [7, 11) is -8.13. The van der Waals surface area contributed by atoms with Crippen LogP contribution in [0, 0.1) is 0 Å². The van der Waals surface area contributed by atoms with Crippen LogP contribution in [0.15, 0.2) is 91.0 Å². The van der Waals surface area contributed by atoms with Crippen LogP contribution in [0.2, 0.25) is 0 Å². The summed E-state index contributed by atoms with van der Waals surface area (Å²) in [4.78, 5) is 0. The van der Waals surface area contributed by atoms with Crippen molar-refractivity contribution >= 4 is 18.9 Å². The van der Waals surface area contributed by atoms with Gasteiger partial charge in [0.1, 0.15) is 0 Å². The molecule has 266 valence electrons. The third-order valence-corrected chi connectivity index (χ3v) is 11.0. The van der Waals surface area contributed by atoms with E-state index in [0.717, 1.165) is 44.9 Å². The Bertz CT molecular complexity index is 1390. The standard InChI is InChI=1S/C34H38F9O3PS/c35-31(36,33(39,40)41)32(37,38)34(42,43)48(44,45)46-47-26-18-7-5-3-1-2-4-6-17-25-30(27-19-11-8-12-20-27,28-21-13-9-14-22-28)29-23-15-10-16-24-29/h8-16,19-24,47H,1-7,17-18,25-26H2. The lowest BCUT2D eigenvalue weighted by molar-refractivity contribution is -0.382. The van der Waals surface area contributed by atoms with Crippen molar-refractivity contribution in [2.75, 3.05) is 6.16 Å². The first-order valence-corrected chi connectivity index (χ1v) is 18.1. The summed E-state index contributed by atoms with van der Waals surface area (Å²) >= 11 is 0. The maximum absolute atomic E-state index is 13.7. The second kappa shape index (κ2) is 16.9. The zero-order valence-electron chi connectivity index (χ0n) is 26.0. The lowest BCUT2D eigenvalue weighted by atomic mass is 9.66. The molecule has 0 N–H and O–H groups in total. The van der Waals surface area contributed by atoms with Crippen LogP contribution in [-0.4, -0.2) is 37.9 Å². The van der Waals surface area contributed by atoms with E-state index in [1.165, 1.54) is 16.7 Å². The van der Waals surface area contributed by atoms with Gasteiger partial charge < -0.3 is 0 Å². The molecule has 0 aliphatic carbocycles. The molecule has 3 aromatic carbocycles. The van der Waals surface area contributed by atoms with E-state index in [-0.39, 0.29) is 18.0 Å². The van der Waals surface area contributed by atoms with Crippen molar-refractivity contribution in [2.45, 2.75) is 92.9 Å². The Morgan fingerprint density at radius 1 is 0.500 bits per heavy atom. The molecule has 0 heterocycles. The van der Waals surface area contributed by atoms with Gasteiger partial charge in [0.05, 0.1) is 0 Å². The average Bonchev–Trinajstić information content (AvgIpc) is 3.05. The van der Waals surface area contributed by atoms with E-state index in [2.05, 4.69) is 76.8 Å². The molecular weight excluding hydrogens is 690 g/mol. The summed E-state index contributed by atoms with van der Waals surface area (Å²) in [5.41, 5.74) is 3.36. The second-order valence-corrected chi connectivity index (χ2v) is 14.4. The first-order valence-electron chi connectivity index (χ1n) is 15.5. The molecule has 0 radical (unpaired) electrons. The minimum Gasteiger partial charge on any atom is -0.246 e. The highest BCUT2D eigenvalue weighted by molar-refractivity contribution is 7.90. The van der Waals surface area contributed by atoms with E-state index in [9.17, 15) is 47.9 Å². The van der Waals surface area contributed by atoms with Crippen LogP contribution < -0.4 is 0 Å². The van der Waals surface area contributed by atoms with Crippen LogP contribution in [0.1, 0.15) is 80.9 Å². The molecule has 0 amide bonds. The monoisotopic (exact) mass is 728 g/mol. The zero-order chi connectivity index (χ0) is 35.5. The van der Waals surface area contributed by atoms with E-state index in [4.69, 9.17) is 0 Å². The fraction of sp³-hybridized carbons (Fsp3) is 0.471. The van der Waals surface area contributed by atoms with Gasteiger partial charge in [0.25, 0.3) is 0 Å². The first kappa shape index (κ1) is 39.8. The van der Waals surface area contributed by atoms with Crippen molar-refractivity contribution in [2.24, 2.45) is 0 Å². The summed E-state index contributed by atoms with van der Waals surface area (Å²) in [6, 6.07) is 31.3. The van der Waals surface area contributed by atoms with E-state index in [0.29, 0.717) is 12.8 Å². The van der Waals surface area contributed by atoms with Gasteiger partial charge in [-0.15, -0.1) is 0 Å². The highest BCUT2D eigenvalue weighted by Crippen LogP contribution is 2.55. The zero-order valence-corrected chi connectivity index (χ0v) is 27.8. The maximum Gasteiger partial charge on any atom is 0.460 e. The largest absolute Gasteiger partial charge is 0.460 e. The predicted octanol–water partition coefficient (Wildman–Crippen LogP) is 11.3. The Balaban J connectivity index is 1.39. The molecule has 14 heteroatoms. The first-order chi connectivity index (χ1) is 22.5. The molecule has 1 atom stereocenters. The number of benzene rings is 3. The van der Waals surface area contributed by atoms with Crippen molar-refractivity contribution in [3.63, 3.8) is 0 Å². The molecule has 0 aliphatic heterocycles. The van der Waals surface area contributed by atoms with Crippen LogP contribution in [0.4, 0.5) is 39.5 Å². The molecule has 0 saturated heterocycles. The quantitative estimate of drug-likeness (QED) is 0.0504. The van der Waals surface area contributed by atoms with Gasteiger partial charge in [-0.25, -0.2) is 3.97 Å². The molecule has 0 spiro atoms. The fourth-order valence-electron chi connectivity index (χ4n) is 5.62. The molecule has 0 aromatic heterocycles. The van der Waals surface area contributed by atoms with Gasteiger partial charge in [-0.2, -0.15) is 47.9 Å². The number of unbranched alkanes of at least 4 members (excludes halogenated alkanes) is 8. The molecule has 0 fully saturated rings. The van der Waals surface area contributed by atoms with Crippen molar-refractivity contribution in [1.82, 2.24) is 0 Å². The van der Waals surface area contributed by atoms with E-state index in [1.807, 2.05) is 18.2 Å². The normalized spacial score (nSPS) is 13.8. The number of rotatable bonds is 20. The van der Waals surface area contributed by atoms with Gasteiger partial charge in [-0.1, -0.05) is 142 Å². The Labute approximate surface area is 277 Å². The van der Waals surface area contributed by atoms with Crippen molar-refractivity contribution in [3.05, 3.63) is 108 Å². The molecule has 48 heavy (non-hydrogen) atoms. The van der Waals surface area contributed by atoms with Gasteiger partial charge in [0.15, 0.2) is 0 Å². The molecule has 3 nitrogen and oxygen atoms in total. The number of halogens is 9. The average molecular weight is 729 g/mol. The lowest BCUT2D eigenvalue weighted by Gasteiger charge is -2.36. The Morgan fingerprint density at radius 3 is 1.23 bits per heavy atom. The van der Waals surface area contributed by atoms with Gasteiger partial charge in [-0.05, 0) is 35.7 Å². The molecular formula is C34H38F9O3PS. The van der Waals surface area contributed by atoms with Gasteiger partial charge >= 0.3 is 33.4 Å². The van der Waals surface area contributed by atoms with Crippen LogP contribution in [0.3, 0.4) is 0 Å². The van der Waals surface area contributed by atoms with E-state index >= 15 is 0 Å². The Kier molecular flexibility index (Phi) is 14.0. The SMILES string of the molecule is O=S(=O)(OPCCCCCCCCCCCC(c1ccccc1)(c1ccccc1)c1ccccc1)C(F)(F)C(F)(F)C(F)(F)C(F)(F)F. The smallest absolute Gasteiger partial charge is 0.246 e. The van der Waals surface area contributed by atoms with Crippen molar-refractivity contribution in [1.29, 1.82) is 0 Å². The second-order valence-electron chi connectivity index (χ2n) is 11.5. The summed E-state index contributed by atoms with van der Waals surface area (Å²) in [5.74, 6) is -14.6. The Hall–Kier alpha value is -2.63. The third kappa shape index (κ3) is 8.93. The molecule has 0 saturated carbocycles. The van der Waals surface area contributed by atoms with E-state index in [1.54, 1.807) is 0 Å². The van der Waals surface area contributed by atoms with Crippen LogP contribution in [0.25, 0.3) is 0 Å². The predicted molar refractivity (Wildman–Crippen MR) is 169 cm³/mol. The minimum atomic E-state index is -7.31. The maximum atomic E-state index is 13.7. The highest BCUT2D eigenvalue weighted by atomic mass is 32.2. The summed E-state index contributed by atoms with van der Waals surface area (Å²) in [5, 5.41) is -6.81. The molecule has 0 aliphatic rings.